The highest BCUT2D eigenvalue weighted by atomic mass is 31.1. The monoisotopic (exact) mass is 514 g/mol. The normalized spacial score (nSPS) is 14.0. The Balaban J connectivity index is 2.36. The van der Waals surface area contributed by atoms with Crippen molar-refractivity contribution in [2.45, 2.75) is 44.6 Å². The van der Waals surface area contributed by atoms with Crippen LogP contribution in [-0.4, -0.2) is 92.0 Å². The molecule has 190 valence electrons. The summed E-state index contributed by atoms with van der Waals surface area (Å²) in [5, 5.41) is 8.39. The number of hydrogen-bond donors (Lipinski definition) is 3. The van der Waals surface area contributed by atoms with Gasteiger partial charge in [-0.05, 0) is 68.2 Å². The van der Waals surface area contributed by atoms with Crippen LogP contribution in [0.15, 0.2) is 12.2 Å². The van der Waals surface area contributed by atoms with E-state index >= 15 is 0 Å². The van der Waals surface area contributed by atoms with E-state index in [-0.39, 0.29) is 48.9 Å². The zero-order valence-corrected chi connectivity index (χ0v) is 22.2. The number of ketones is 1. The lowest BCUT2D eigenvalue weighted by atomic mass is 10.0. The van der Waals surface area contributed by atoms with Crippen molar-refractivity contribution in [3.63, 3.8) is 0 Å². The fourth-order valence-corrected chi connectivity index (χ4v) is 3.88. The first-order valence-electron chi connectivity index (χ1n) is 11.3. The first kappa shape index (κ1) is 29.9. The van der Waals surface area contributed by atoms with Crippen molar-refractivity contribution in [1.82, 2.24) is 20.9 Å². The maximum Gasteiger partial charge on any atom is 0.253 e. The van der Waals surface area contributed by atoms with Crippen LogP contribution in [0.25, 0.3) is 0 Å². The lowest BCUT2D eigenvalue weighted by Crippen LogP contribution is -2.40. The van der Waals surface area contributed by atoms with Gasteiger partial charge in [-0.25, -0.2) is 0 Å². The molecule has 1 heterocycles. The lowest BCUT2D eigenvalue weighted by Gasteiger charge is -2.19. The van der Waals surface area contributed by atoms with Gasteiger partial charge in [0, 0.05) is 44.6 Å². The zero-order valence-electron chi connectivity index (χ0n) is 20.4. The number of carbonyl (C=O) groups is 6. The van der Waals surface area contributed by atoms with Crippen LogP contribution in [0.3, 0.4) is 0 Å². The van der Waals surface area contributed by atoms with Crippen LogP contribution in [0.5, 0.6) is 0 Å². The van der Waals surface area contributed by atoms with Crippen molar-refractivity contribution < 1.29 is 28.8 Å². The summed E-state index contributed by atoms with van der Waals surface area (Å²) in [6.07, 6.45) is 4.86. The van der Waals surface area contributed by atoms with Gasteiger partial charge >= 0.3 is 0 Å². The van der Waals surface area contributed by atoms with E-state index in [0.717, 1.165) is 11.3 Å². The molecule has 3 N–H and O–H groups in total. The second kappa shape index (κ2) is 15.7. The van der Waals surface area contributed by atoms with Gasteiger partial charge in [0.05, 0.1) is 6.04 Å². The smallest absolute Gasteiger partial charge is 0.253 e. The maximum atomic E-state index is 12.7. The van der Waals surface area contributed by atoms with E-state index < -0.39 is 33.7 Å². The third-order valence-electron chi connectivity index (χ3n) is 5.08. The van der Waals surface area contributed by atoms with Gasteiger partial charge in [0.2, 0.25) is 17.2 Å². The van der Waals surface area contributed by atoms with Gasteiger partial charge in [-0.1, -0.05) is 0 Å². The average molecular weight is 515 g/mol. The Bertz CT molecular complexity index is 782. The molecule has 10 nitrogen and oxygen atoms in total. The molecule has 34 heavy (non-hydrogen) atoms. The number of carbonyl (C=O) groups excluding carboxylic acids is 6. The van der Waals surface area contributed by atoms with Gasteiger partial charge < -0.3 is 16.0 Å². The topological polar surface area (TPSA) is 142 Å². The molecule has 0 saturated carbocycles. The summed E-state index contributed by atoms with van der Waals surface area (Å²) < 4.78 is 0. The van der Waals surface area contributed by atoms with E-state index in [2.05, 4.69) is 16.0 Å². The Labute approximate surface area is 203 Å². The molecule has 0 aromatic carbocycles. The molecule has 1 aliphatic heterocycles. The first-order valence-corrected chi connectivity index (χ1v) is 15.8. The van der Waals surface area contributed by atoms with Gasteiger partial charge in [-0.2, -0.15) is 0 Å². The molecule has 1 rings (SSSR count). The van der Waals surface area contributed by atoms with E-state index in [0.29, 0.717) is 25.8 Å². The second-order valence-corrected chi connectivity index (χ2v) is 12.7. The Morgan fingerprint density at radius 1 is 0.824 bits per heavy atom. The van der Waals surface area contributed by atoms with E-state index in [4.69, 9.17) is 0 Å². The number of imide groups is 1. The summed E-state index contributed by atoms with van der Waals surface area (Å²) in [6, 6.07) is -0.585. The highest BCUT2D eigenvalue weighted by Crippen LogP contribution is 2.26. The van der Waals surface area contributed by atoms with Crippen molar-refractivity contribution >= 4 is 50.6 Å². The van der Waals surface area contributed by atoms with Crippen molar-refractivity contribution in [1.29, 1.82) is 0 Å². The average Bonchev–Trinajstić information content (AvgIpc) is 3.10. The third-order valence-corrected chi connectivity index (χ3v) is 6.99. The van der Waals surface area contributed by atoms with Crippen LogP contribution < -0.4 is 16.0 Å². The first-order chi connectivity index (χ1) is 16.0. The van der Waals surface area contributed by atoms with Gasteiger partial charge in [0.15, 0.2) is 5.78 Å². The van der Waals surface area contributed by atoms with Gasteiger partial charge in [-0.15, -0.1) is 0 Å². The quantitative estimate of drug-likeness (QED) is 0.164. The number of unbranched alkanes of at least 4 members (excludes halogenated alkanes) is 1. The predicted octanol–water partition coefficient (Wildman–Crippen LogP) is 2.21. The third kappa shape index (κ3) is 11.3. The number of nitrogens with zero attached hydrogens (tertiary/aromatic N) is 1. The number of amides is 5. The Hall–Kier alpha value is -2.18. The fraction of sp³-hybridized carbons (Fsp3) is 0.636. The molecule has 0 saturated heterocycles. The molecule has 12 heteroatoms. The molecular weight excluding hydrogens is 478 g/mol. The summed E-state index contributed by atoms with van der Waals surface area (Å²) in [7, 11) is -1.54. The molecular formula is C22H36N4O6P2. The van der Waals surface area contributed by atoms with E-state index in [1.165, 1.54) is 12.2 Å². The molecule has 1 aliphatic rings. The van der Waals surface area contributed by atoms with Crippen molar-refractivity contribution in [3.05, 3.63) is 12.2 Å². The summed E-state index contributed by atoms with van der Waals surface area (Å²) in [5.41, 5.74) is -0.0751. The van der Waals surface area contributed by atoms with Crippen LogP contribution >= 0.6 is 15.8 Å². The number of nitrogens with one attached hydrogen (secondary N) is 3. The molecule has 0 spiro atoms. The molecule has 0 bridgehead atoms. The largest absolute Gasteiger partial charge is 0.356 e. The van der Waals surface area contributed by atoms with Gasteiger partial charge in [0.1, 0.15) is 0 Å². The van der Waals surface area contributed by atoms with Crippen LogP contribution in [0.1, 0.15) is 38.5 Å². The number of rotatable bonds is 16. The fourth-order valence-electron chi connectivity index (χ4n) is 3.04. The molecule has 0 aliphatic carbocycles. The SMILES string of the molecule is CP(C)C(=O)NCCCCC(NC(=O)P(C)C)C(=O)CCCNC(=O)CCN1C(=O)C=CC1=O. The van der Waals surface area contributed by atoms with Gasteiger partial charge in [0.25, 0.3) is 11.8 Å². The van der Waals surface area contributed by atoms with Crippen molar-refractivity contribution in [2.75, 3.05) is 46.3 Å². The standard InChI is InChI=1S/C22H36N4O6P2/c1-33(2)21(31)24-13-6-5-8-16(25-22(32)34(3)4)17(27)9-7-14-23-18(28)12-15-26-19(29)10-11-20(26)30/h10-11,16H,5-9,12-15H2,1-4H3,(H,23,28)(H,24,31)(H,25,32). The molecule has 0 radical (unpaired) electrons. The van der Waals surface area contributed by atoms with Crippen molar-refractivity contribution in [2.24, 2.45) is 0 Å². The molecule has 1 atom stereocenters. The van der Waals surface area contributed by atoms with Crippen LogP contribution in [0.2, 0.25) is 0 Å². The summed E-state index contributed by atoms with van der Waals surface area (Å²) in [6.45, 7) is 8.26. The minimum absolute atomic E-state index is 0.00313. The van der Waals surface area contributed by atoms with Crippen LogP contribution in [0.4, 0.5) is 9.59 Å². The molecule has 0 aromatic heterocycles. The Kier molecular flexibility index (Phi) is 13.8. The Morgan fingerprint density at radius 3 is 2.00 bits per heavy atom. The molecule has 0 fully saturated rings. The maximum absolute atomic E-state index is 12.7. The molecule has 0 aromatic rings. The number of Topliss-reactive ketones (excluding diaryl/α,β-unsaturated/α-hetero) is 1. The second-order valence-electron chi connectivity index (χ2n) is 8.35. The van der Waals surface area contributed by atoms with Crippen molar-refractivity contribution in [3.8, 4) is 0 Å². The number of hydrogen-bond acceptors (Lipinski definition) is 6. The summed E-state index contributed by atoms with van der Waals surface area (Å²) in [5.74, 6) is -1.25. The lowest BCUT2D eigenvalue weighted by molar-refractivity contribution is -0.137. The highest BCUT2D eigenvalue weighted by Gasteiger charge is 2.24. The summed E-state index contributed by atoms with van der Waals surface area (Å²) in [4.78, 5) is 72.4. The minimum atomic E-state index is -0.867. The molecule has 5 amide bonds. The van der Waals surface area contributed by atoms with Crippen LogP contribution in [-0.2, 0) is 19.2 Å². The van der Waals surface area contributed by atoms with Crippen LogP contribution in [0, 0.1) is 0 Å². The minimum Gasteiger partial charge on any atom is -0.356 e. The summed E-state index contributed by atoms with van der Waals surface area (Å²) >= 11 is 0. The Morgan fingerprint density at radius 2 is 1.41 bits per heavy atom. The predicted molar refractivity (Wildman–Crippen MR) is 135 cm³/mol. The zero-order chi connectivity index (χ0) is 25.7. The van der Waals surface area contributed by atoms with E-state index in [1.807, 2.05) is 26.7 Å². The molecule has 1 unspecified atom stereocenters. The van der Waals surface area contributed by atoms with E-state index in [1.54, 1.807) is 0 Å². The van der Waals surface area contributed by atoms with E-state index in [9.17, 15) is 28.8 Å². The highest BCUT2D eigenvalue weighted by molar-refractivity contribution is 7.73. The van der Waals surface area contributed by atoms with Gasteiger partial charge in [-0.3, -0.25) is 33.7 Å².